The number of pyridine rings is 1. The molecular formula is C17H30N4O2. The molecule has 0 aromatic carbocycles. The average Bonchev–Trinajstić information content (AvgIpc) is 2.51. The molecule has 0 bridgehead atoms. The summed E-state index contributed by atoms with van der Waals surface area (Å²) in [5.41, 5.74) is 0.0546. The van der Waals surface area contributed by atoms with Gasteiger partial charge in [0.1, 0.15) is 12.4 Å². The van der Waals surface area contributed by atoms with Gasteiger partial charge in [0.15, 0.2) is 5.96 Å². The van der Waals surface area contributed by atoms with Crippen LogP contribution in [-0.4, -0.2) is 50.4 Å². The van der Waals surface area contributed by atoms with Gasteiger partial charge in [-0.15, -0.1) is 0 Å². The summed E-state index contributed by atoms with van der Waals surface area (Å²) in [6, 6.07) is 3.74. The quantitative estimate of drug-likeness (QED) is 0.436. The third-order valence-electron chi connectivity index (χ3n) is 3.31. The fourth-order valence-corrected chi connectivity index (χ4v) is 1.99. The number of ether oxygens (including phenoxy) is 2. The van der Waals surface area contributed by atoms with Gasteiger partial charge in [0.05, 0.1) is 25.4 Å². The minimum atomic E-state index is 0.0546. The predicted octanol–water partition coefficient (Wildman–Crippen LogP) is 2.08. The van der Waals surface area contributed by atoms with E-state index in [0.717, 1.165) is 18.3 Å². The Morgan fingerprint density at radius 3 is 2.70 bits per heavy atom. The number of guanidine groups is 1. The van der Waals surface area contributed by atoms with Gasteiger partial charge >= 0.3 is 0 Å². The van der Waals surface area contributed by atoms with Crippen LogP contribution in [0.3, 0.4) is 0 Å². The molecule has 0 saturated heterocycles. The number of aromatic nitrogens is 1. The first-order chi connectivity index (χ1) is 11.0. The molecule has 0 fully saturated rings. The molecule has 1 atom stereocenters. The van der Waals surface area contributed by atoms with Crippen LogP contribution in [0, 0.1) is 5.41 Å². The molecule has 0 radical (unpaired) electrons. The molecule has 1 aromatic rings. The minimum Gasteiger partial charge on any atom is -0.490 e. The van der Waals surface area contributed by atoms with Crippen LogP contribution in [0.5, 0.6) is 5.75 Å². The highest BCUT2D eigenvalue weighted by Crippen LogP contribution is 2.21. The third kappa shape index (κ3) is 7.83. The van der Waals surface area contributed by atoms with Crippen molar-refractivity contribution in [1.82, 2.24) is 15.6 Å². The molecule has 0 spiro atoms. The number of nitrogens with zero attached hydrogens (tertiary/aromatic N) is 2. The van der Waals surface area contributed by atoms with E-state index in [1.165, 1.54) is 0 Å². The van der Waals surface area contributed by atoms with E-state index in [1.54, 1.807) is 19.5 Å². The zero-order valence-electron chi connectivity index (χ0n) is 14.9. The maximum absolute atomic E-state index is 5.60. The van der Waals surface area contributed by atoms with Crippen LogP contribution < -0.4 is 15.4 Å². The molecule has 1 aromatic heterocycles. The maximum atomic E-state index is 5.60. The number of hydrogen-bond donors (Lipinski definition) is 2. The first kappa shape index (κ1) is 19.2. The van der Waals surface area contributed by atoms with Gasteiger partial charge in [0, 0.05) is 19.9 Å². The number of aliphatic imine (C=N–C) groups is 1. The Bertz CT molecular complexity index is 457. The van der Waals surface area contributed by atoms with Crippen LogP contribution in [0.15, 0.2) is 29.5 Å². The van der Waals surface area contributed by atoms with Crippen molar-refractivity contribution < 1.29 is 9.47 Å². The van der Waals surface area contributed by atoms with Crippen molar-refractivity contribution in [3.8, 4) is 5.75 Å². The Hall–Kier alpha value is -1.82. The van der Waals surface area contributed by atoms with Crippen molar-refractivity contribution in [3.63, 3.8) is 0 Å². The molecule has 0 aliphatic heterocycles. The number of hydrogen-bond acceptors (Lipinski definition) is 4. The van der Waals surface area contributed by atoms with Crippen molar-refractivity contribution in [2.24, 2.45) is 10.4 Å². The molecule has 0 amide bonds. The molecular weight excluding hydrogens is 292 g/mol. The van der Waals surface area contributed by atoms with E-state index in [1.807, 2.05) is 19.1 Å². The minimum absolute atomic E-state index is 0.0546. The largest absolute Gasteiger partial charge is 0.490 e. The summed E-state index contributed by atoms with van der Waals surface area (Å²) in [5.74, 6) is 1.54. The van der Waals surface area contributed by atoms with Crippen LogP contribution in [-0.2, 0) is 4.74 Å². The van der Waals surface area contributed by atoms with Crippen LogP contribution in [0.25, 0.3) is 0 Å². The second-order valence-electron chi connectivity index (χ2n) is 6.27. The fraction of sp³-hybridized carbons (Fsp3) is 0.647. The number of rotatable bonds is 8. The molecule has 0 aliphatic rings. The lowest BCUT2D eigenvalue weighted by Crippen LogP contribution is -2.41. The van der Waals surface area contributed by atoms with E-state index in [4.69, 9.17) is 9.47 Å². The molecule has 6 heteroatoms. The molecule has 2 N–H and O–H groups in total. The zero-order valence-corrected chi connectivity index (χ0v) is 14.9. The highest BCUT2D eigenvalue weighted by molar-refractivity contribution is 5.79. The Labute approximate surface area is 139 Å². The van der Waals surface area contributed by atoms with Crippen molar-refractivity contribution in [2.75, 3.05) is 33.4 Å². The van der Waals surface area contributed by atoms with Crippen LogP contribution in [0.2, 0.25) is 0 Å². The Morgan fingerprint density at radius 2 is 2.13 bits per heavy atom. The number of nitrogens with one attached hydrogen (secondary N) is 2. The van der Waals surface area contributed by atoms with E-state index < -0.39 is 0 Å². The standard InChI is InChI=1S/C17H30N4O2/c1-6-19-16(21-13-15(22-5)17(2,3)4)20-10-11-23-14-8-7-9-18-12-14/h7-9,12,15H,6,10-11,13H2,1-5H3,(H2,19,20,21). The van der Waals surface area contributed by atoms with Crippen LogP contribution >= 0.6 is 0 Å². The van der Waals surface area contributed by atoms with E-state index in [0.29, 0.717) is 19.7 Å². The molecule has 0 saturated carbocycles. The molecule has 0 aliphatic carbocycles. The lowest BCUT2D eigenvalue weighted by Gasteiger charge is -2.28. The first-order valence-electron chi connectivity index (χ1n) is 8.05. The predicted molar refractivity (Wildman–Crippen MR) is 94.0 cm³/mol. The van der Waals surface area contributed by atoms with Gasteiger partial charge in [-0.25, -0.2) is 0 Å². The van der Waals surface area contributed by atoms with Gasteiger partial charge in [-0.1, -0.05) is 20.8 Å². The summed E-state index contributed by atoms with van der Waals surface area (Å²) in [7, 11) is 1.73. The molecule has 1 unspecified atom stereocenters. The third-order valence-corrected chi connectivity index (χ3v) is 3.31. The van der Waals surface area contributed by atoms with Gasteiger partial charge in [-0.05, 0) is 24.5 Å². The monoisotopic (exact) mass is 322 g/mol. The molecule has 6 nitrogen and oxygen atoms in total. The molecule has 23 heavy (non-hydrogen) atoms. The van der Waals surface area contributed by atoms with E-state index >= 15 is 0 Å². The molecule has 1 heterocycles. The number of methoxy groups -OCH3 is 1. The van der Waals surface area contributed by atoms with Gasteiger partial charge in [0.25, 0.3) is 0 Å². The Kier molecular flexibility index (Phi) is 8.40. The Balaban J connectivity index is 2.43. The maximum Gasteiger partial charge on any atom is 0.191 e. The van der Waals surface area contributed by atoms with E-state index in [-0.39, 0.29) is 11.5 Å². The summed E-state index contributed by atoms with van der Waals surface area (Å²) in [6.45, 7) is 11.1. The summed E-state index contributed by atoms with van der Waals surface area (Å²) >= 11 is 0. The van der Waals surface area contributed by atoms with Crippen molar-refractivity contribution in [1.29, 1.82) is 0 Å². The summed E-state index contributed by atoms with van der Waals surface area (Å²) in [4.78, 5) is 8.61. The normalized spacial score (nSPS) is 13.5. The lowest BCUT2D eigenvalue weighted by atomic mass is 9.89. The van der Waals surface area contributed by atoms with Crippen LogP contribution in [0.1, 0.15) is 27.7 Å². The van der Waals surface area contributed by atoms with Gasteiger partial charge < -0.3 is 20.1 Å². The van der Waals surface area contributed by atoms with E-state index in [9.17, 15) is 0 Å². The highest BCUT2D eigenvalue weighted by atomic mass is 16.5. The van der Waals surface area contributed by atoms with Crippen molar-refractivity contribution in [3.05, 3.63) is 24.5 Å². The van der Waals surface area contributed by atoms with Crippen molar-refractivity contribution in [2.45, 2.75) is 33.8 Å². The topological polar surface area (TPSA) is 67.8 Å². The zero-order chi connectivity index (χ0) is 17.1. The second-order valence-corrected chi connectivity index (χ2v) is 6.27. The molecule has 130 valence electrons. The Morgan fingerprint density at radius 1 is 1.35 bits per heavy atom. The highest BCUT2D eigenvalue weighted by Gasteiger charge is 2.23. The lowest BCUT2D eigenvalue weighted by molar-refractivity contribution is 0.0241. The second kappa shape index (κ2) is 10.0. The SMILES string of the molecule is CCNC(=NCC(OC)C(C)(C)C)NCCOc1cccnc1. The van der Waals surface area contributed by atoms with Gasteiger partial charge in [-0.3, -0.25) is 9.98 Å². The summed E-state index contributed by atoms with van der Waals surface area (Å²) < 4.78 is 11.1. The first-order valence-corrected chi connectivity index (χ1v) is 8.05. The van der Waals surface area contributed by atoms with Gasteiger partial charge in [0.2, 0.25) is 0 Å². The van der Waals surface area contributed by atoms with Crippen molar-refractivity contribution >= 4 is 5.96 Å². The van der Waals surface area contributed by atoms with Crippen LogP contribution in [0.4, 0.5) is 0 Å². The van der Waals surface area contributed by atoms with E-state index in [2.05, 4.69) is 41.4 Å². The molecule has 1 rings (SSSR count). The fourth-order valence-electron chi connectivity index (χ4n) is 1.99. The smallest absolute Gasteiger partial charge is 0.191 e. The summed E-state index contributed by atoms with van der Waals surface area (Å²) in [6.07, 6.45) is 3.50. The average molecular weight is 322 g/mol. The summed E-state index contributed by atoms with van der Waals surface area (Å²) in [5, 5.41) is 6.49. The van der Waals surface area contributed by atoms with Gasteiger partial charge in [-0.2, -0.15) is 0 Å².